The Kier molecular flexibility index (Phi) is 18.7. The van der Waals surface area contributed by atoms with Crippen molar-refractivity contribution in [3.63, 3.8) is 0 Å². The van der Waals surface area contributed by atoms with Gasteiger partial charge in [0.15, 0.2) is 0 Å². The highest BCUT2D eigenvalue weighted by Crippen LogP contribution is 2.32. The second kappa shape index (κ2) is 23.9. The van der Waals surface area contributed by atoms with Gasteiger partial charge in [0.1, 0.15) is 33.9 Å². The molecule has 0 aromatic heterocycles. The molecule has 2 aliphatic rings. The first-order chi connectivity index (χ1) is 32.1. The molecule has 0 saturated heterocycles. The fourth-order valence-corrected chi connectivity index (χ4v) is 8.50. The Morgan fingerprint density at radius 2 is 0.838 bits per heavy atom. The number of rotatable bonds is 14. The van der Waals surface area contributed by atoms with Crippen molar-refractivity contribution >= 4 is 24.0 Å². The predicted octanol–water partition coefficient (Wildman–Crippen LogP) is 10.00. The van der Waals surface area contributed by atoms with Crippen LogP contribution in [0.5, 0.6) is 0 Å². The summed E-state index contributed by atoms with van der Waals surface area (Å²) in [6, 6.07) is 32.3. The van der Waals surface area contributed by atoms with Crippen molar-refractivity contribution in [3.05, 3.63) is 143 Å². The molecule has 14 heteroatoms. The van der Waals surface area contributed by atoms with E-state index in [4.69, 9.17) is 9.47 Å². The zero-order chi connectivity index (χ0) is 49.5. The lowest BCUT2D eigenvalue weighted by Crippen LogP contribution is -2.62. The number of halogens is 2. The van der Waals surface area contributed by atoms with Crippen molar-refractivity contribution in [1.82, 2.24) is 31.9 Å². The molecule has 0 bridgehead atoms. The average molecular weight is 939 g/mol. The summed E-state index contributed by atoms with van der Waals surface area (Å²) in [7, 11) is 0. The summed E-state index contributed by atoms with van der Waals surface area (Å²) in [6.45, 7) is 16.0. The van der Waals surface area contributed by atoms with Crippen LogP contribution in [0.15, 0.2) is 109 Å². The van der Waals surface area contributed by atoms with E-state index in [1.807, 2.05) is 50.2 Å². The van der Waals surface area contributed by atoms with E-state index in [9.17, 15) is 28.0 Å². The quantitative estimate of drug-likeness (QED) is 0.0729. The molecular weight excluding hydrogens is 867 g/mol. The van der Waals surface area contributed by atoms with Gasteiger partial charge in [-0.1, -0.05) is 84.9 Å². The smallest absolute Gasteiger partial charge is 0.408 e. The van der Waals surface area contributed by atoms with Gasteiger partial charge >= 0.3 is 12.2 Å². The number of ether oxygens (including phenoxy) is 2. The summed E-state index contributed by atoms with van der Waals surface area (Å²) >= 11 is 0. The highest BCUT2D eigenvalue weighted by atomic mass is 19.1. The Hall–Kier alpha value is -5.86. The van der Waals surface area contributed by atoms with Crippen molar-refractivity contribution in [3.8, 4) is 0 Å². The minimum atomic E-state index is -1.07. The van der Waals surface area contributed by atoms with Gasteiger partial charge in [0.2, 0.25) is 11.8 Å². The third kappa shape index (κ3) is 16.7. The number of carbonyl (C=O) groups excluding carboxylic acids is 4. The van der Waals surface area contributed by atoms with Crippen LogP contribution in [0, 0.1) is 11.6 Å². The molecule has 2 atom stereocenters. The lowest BCUT2D eigenvalue weighted by Gasteiger charge is -2.40. The first-order valence-electron chi connectivity index (χ1n) is 23.8. The second-order valence-corrected chi connectivity index (χ2v) is 20.2. The van der Waals surface area contributed by atoms with Crippen LogP contribution in [0.4, 0.5) is 18.4 Å². The molecule has 0 radical (unpaired) electrons. The lowest BCUT2D eigenvalue weighted by molar-refractivity contribution is -0.130. The fourth-order valence-electron chi connectivity index (χ4n) is 8.50. The van der Waals surface area contributed by atoms with Crippen molar-refractivity contribution in [1.29, 1.82) is 0 Å². The first-order valence-corrected chi connectivity index (χ1v) is 23.8. The molecule has 4 aromatic carbocycles. The number of hydrogen-bond donors (Lipinski definition) is 6. The van der Waals surface area contributed by atoms with Gasteiger partial charge in [-0.2, -0.15) is 0 Å². The van der Waals surface area contributed by atoms with Gasteiger partial charge < -0.3 is 41.4 Å². The topological polar surface area (TPSA) is 159 Å². The van der Waals surface area contributed by atoms with Crippen LogP contribution in [0.3, 0.4) is 0 Å². The van der Waals surface area contributed by atoms with Gasteiger partial charge in [0, 0.05) is 25.2 Å². The van der Waals surface area contributed by atoms with Crippen molar-refractivity contribution in [2.45, 2.75) is 166 Å². The fraction of sp³-hybridized carbons (Fsp3) is 0.481. The monoisotopic (exact) mass is 939 g/mol. The molecule has 368 valence electrons. The number of amides is 4. The summed E-state index contributed by atoms with van der Waals surface area (Å²) in [4.78, 5) is 52.3. The molecule has 4 aromatic rings. The molecule has 12 nitrogen and oxygen atoms in total. The zero-order valence-electron chi connectivity index (χ0n) is 41.0. The Labute approximate surface area is 401 Å². The predicted molar refractivity (Wildman–Crippen MR) is 261 cm³/mol. The van der Waals surface area contributed by atoms with Crippen molar-refractivity contribution < 1.29 is 37.4 Å². The molecule has 0 unspecified atom stereocenters. The van der Waals surface area contributed by atoms with E-state index in [0.29, 0.717) is 25.7 Å². The van der Waals surface area contributed by atoms with Gasteiger partial charge in [-0.05, 0) is 153 Å². The van der Waals surface area contributed by atoms with Gasteiger partial charge in [-0.25, -0.2) is 18.4 Å². The number of carbonyl (C=O) groups is 4. The van der Waals surface area contributed by atoms with Gasteiger partial charge in [0.05, 0.1) is 12.1 Å². The Morgan fingerprint density at radius 1 is 0.529 bits per heavy atom. The van der Waals surface area contributed by atoms with E-state index in [1.165, 1.54) is 35.4 Å². The van der Waals surface area contributed by atoms with Crippen LogP contribution in [-0.2, 0) is 32.2 Å². The number of benzene rings is 4. The van der Waals surface area contributed by atoms with Crippen LogP contribution in [0.1, 0.15) is 141 Å². The van der Waals surface area contributed by atoms with E-state index < -0.39 is 34.5 Å². The van der Waals surface area contributed by atoms with E-state index in [0.717, 1.165) is 49.9 Å². The highest BCUT2D eigenvalue weighted by molar-refractivity contribution is 5.91. The Morgan fingerprint density at radius 3 is 1.13 bits per heavy atom. The normalized spacial score (nSPS) is 21.4. The third-order valence-corrected chi connectivity index (χ3v) is 12.3. The van der Waals surface area contributed by atoms with Crippen molar-refractivity contribution in [2.24, 2.45) is 0 Å². The molecule has 0 spiro atoms. The Bertz CT molecular complexity index is 2060. The summed E-state index contributed by atoms with van der Waals surface area (Å²) < 4.78 is 37.5. The summed E-state index contributed by atoms with van der Waals surface area (Å²) in [6.07, 6.45) is 3.69. The molecule has 0 heterocycles. The molecule has 68 heavy (non-hydrogen) atoms. The molecule has 6 rings (SSSR count). The second-order valence-electron chi connectivity index (χ2n) is 20.2. The van der Waals surface area contributed by atoms with Crippen LogP contribution in [0.2, 0.25) is 0 Å². The number of nitrogens with one attached hydrogen (secondary N) is 6. The number of hydrogen-bond acceptors (Lipinski definition) is 8. The average Bonchev–Trinajstić information content (AvgIpc) is 3.28. The standard InChI is InChI=1S/2C27H36FN3O3/c2*1-19(21-10-12-22(28)13-11-21)30-24(32)27(31-25(33)34-26(2,3)4)16-14-23(15-17-27)29-18-20-8-6-5-7-9-20/h2*5-13,19,23,29H,14-18H2,1-4H3,(H,30,32)(H,31,33)/t2*19-,23?,27?/m11/s1. The maximum atomic E-state index is 13.5. The first kappa shape index (κ1) is 53.1. The molecule has 2 aliphatic carbocycles. The maximum absolute atomic E-state index is 13.5. The van der Waals surface area contributed by atoms with Crippen LogP contribution >= 0.6 is 0 Å². The largest absolute Gasteiger partial charge is 0.444 e. The molecule has 2 saturated carbocycles. The summed E-state index contributed by atoms with van der Waals surface area (Å²) in [5.41, 5.74) is 0.521. The van der Waals surface area contributed by atoms with E-state index >= 15 is 0 Å². The van der Waals surface area contributed by atoms with E-state index in [1.54, 1.807) is 65.8 Å². The molecule has 2 fully saturated rings. The minimum Gasteiger partial charge on any atom is -0.444 e. The van der Waals surface area contributed by atoms with Crippen LogP contribution in [-0.4, -0.2) is 58.4 Å². The SMILES string of the molecule is C[C@@H](NC(=O)C1(NC(=O)OC(C)(C)C)CCC(NCc2ccccc2)CC1)c1ccc(F)cc1.C[C@@H](NC(=O)C1(NC(=O)OC(C)(C)C)CCC(NCc2ccccc2)CC1)c1ccc(F)cc1. The lowest BCUT2D eigenvalue weighted by atomic mass is 9.78. The zero-order valence-corrected chi connectivity index (χ0v) is 41.0. The molecule has 4 amide bonds. The minimum absolute atomic E-state index is 0.246. The maximum Gasteiger partial charge on any atom is 0.408 e. The summed E-state index contributed by atoms with van der Waals surface area (Å²) in [5.74, 6) is -1.16. The number of alkyl carbamates (subject to hydrolysis) is 2. The van der Waals surface area contributed by atoms with Crippen LogP contribution in [0.25, 0.3) is 0 Å². The molecular formula is C54H72F2N6O6. The van der Waals surface area contributed by atoms with Gasteiger partial charge in [-0.3, -0.25) is 9.59 Å². The van der Waals surface area contributed by atoms with E-state index in [2.05, 4.69) is 56.2 Å². The third-order valence-electron chi connectivity index (χ3n) is 12.3. The molecule has 0 aliphatic heterocycles. The Balaban J connectivity index is 0.000000254. The summed E-state index contributed by atoms with van der Waals surface area (Å²) in [5, 5.41) is 18.9. The van der Waals surface area contributed by atoms with Gasteiger partial charge in [-0.15, -0.1) is 0 Å². The van der Waals surface area contributed by atoms with Gasteiger partial charge in [0.25, 0.3) is 0 Å². The van der Waals surface area contributed by atoms with Crippen molar-refractivity contribution in [2.75, 3.05) is 0 Å². The van der Waals surface area contributed by atoms with E-state index in [-0.39, 0.29) is 47.6 Å². The highest BCUT2D eigenvalue weighted by Gasteiger charge is 2.46. The van der Waals surface area contributed by atoms with Crippen LogP contribution < -0.4 is 31.9 Å². The molecule has 6 N–H and O–H groups in total.